The number of rotatable bonds is 15. The number of nitrogens with zero attached hydrogens (tertiary/aromatic N) is 3. The summed E-state index contributed by atoms with van der Waals surface area (Å²) in [4.78, 5) is 62.1. The third kappa shape index (κ3) is 9.45. The van der Waals surface area contributed by atoms with Crippen LogP contribution >= 0.6 is 0 Å². The average molecular weight is 733 g/mol. The minimum Gasteiger partial charge on any atom is -0.407 e. The molecule has 0 saturated heterocycles. The Hall–Kier alpha value is -5.59. The van der Waals surface area contributed by atoms with Crippen LogP contribution in [-0.2, 0) is 25.4 Å². The van der Waals surface area contributed by atoms with E-state index >= 15 is 0 Å². The third-order valence-electron chi connectivity index (χ3n) is 9.08. The SMILES string of the molecule is CN(C)C(=O)/C=C/CCC(NC(=O)CCO[Si](c1ccccc1)(c1ccccc1)C(C)(C)C)C(=O)Nc1cccn(Cc2nc3ccccc3[nH]2)c1=O. The zero-order chi connectivity index (χ0) is 38.0. The molecule has 11 nitrogen and oxygen atoms in total. The van der Waals surface area contributed by atoms with Crippen molar-refractivity contribution in [2.75, 3.05) is 26.0 Å². The van der Waals surface area contributed by atoms with Gasteiger partial charge in [-0.3, -0.25) is 19.2 Å². The lowest BCUT2D eigenvalue weighted by molar-refractivity contribution is -0.127. The van der Waals surface area contributed by atoms with E-state index in [0.717, 1.165) is 21.4 Å². The lowest BCUT2D eigenvalue weighted by Crippen LogP contribution is -2.66. The molecule has 0 bridgehead atoms. The normalized spacial score (nSPS) is 12.5. The first-order valence-corrected chi connectivity index (χ1v) is 19.7. The van der Waals surface area contributed by atoms with Gasteiger partial charge in [0.25, 0.3) is 13.9 Å². The fourth-order valence-corrected chi connectivity index (χ4v) is 11.0. The Morgan fingerprint density at radius 3 is 2.19 bits per heavy atom. The van der Waals surface area contributed by atoms with Crippen LogP contribution in [-0.4, -0.2) is 72.2 Å². The summed E-state index contributed by atoms with van der Waals surface area (Å²) in [7, 11) is 0.430. The number of hydrogen-bond donors (Lipinski definition) is 3. The topological polar surface area (TPSA) is 138 Å². The lowest BCUT2D eigenvalue weighted by Gasteiger charge is -2.43. The molecule has 0 radical (unpaired) electrons. The molecule has 3 N–H and O–H groups in total. The second kappa shape index (κ2) is 17.3. The number of allylic oxidation sites excluding steroid dienone is 1. The number of H-pyrrole nitrogens is 1. The highest BCUT2D eigenvalue weighted by Gasteiger charge is 2.50. The maximum Gasteiger partial charge on any atom is 0.274 e. The molecular formula is C41H48N6O5Si. The number of aromatic amines is 1. The Morgan fingerprint density at radius 1 is 0.925 bits per heavy atom. The number of anilines is 1. The van der Waals surface area contributed by atoms with Crippen LogP contribution in [0, 0.1) is 0 Å². The van der Waals surface area contributed by atoms with E-state index in [1.165, 1.54) is 21.6 Å². The van der Waals surface area contributed by atoms with Crippen molar-refractivity contribution in [1.29, 1.82) is 0 Å². The highest BCUT2D eigenvalue weighted by molar-refractivity contribution is 6.99. The van der Waals surface area contributed by atoms with Gasteiger partial charge in [0.15, 0.2) is 0 Å². The molecule has 2 heterocycles. The third-order valence-corrected chi connectivity index (χ3v) is 14.1. The molecule has 12 heteroatoms. The molecule has 5 aromatic rings. The van der Waals surface area contributed by atoms with Gasteiger partial charge < -0.3 is 29.5 Å². The van der Waals surface area contributed by atoms with Crippen LogP contribution in [0.1, 0.15) is 45.9 Å². The highest BCUT2D eigenvalue weighted by atomic mass is 28.4. The highest BCUT2D eigenvalue weighted by Crippen LogP contribution is 2.36. The van der Waals surface area contributed by atoms with Crippen LogP contribution in [0.25, 0.3) is 11.0 Å². The Balaban J connectivity index is 1.31. The number of nitrogens with one attached hydrogen (secondary N) is 3. The zero-order valence-corrected chi connectivity index (χ0v) is 32.0. The van der Waals surface area contributed by atoms with E-state index in [1.807, 2.05) is 60.7 Å². The monoisotopic (exact) mass is 732 g/mol. The molecule has 1 atom stereocenters. The minimum absolute atomic E-state index is 0.0128. The number of fused-ring (bicyclic) bond motifs is 1. The van der Waals surface area contributed by atoms with Gasteiger partial charge in [-0.25, -0.2) is 4.98 Å². The second-order valence-corrected chi connectivity index (χ2v) is 18.4. The van der Waals surface area contributed by atoms with Crippen molar-refractivity contribution >= 4 is 53.1 Å². The van der Waals surface area contributed by atoms with Crippen LogP contribution in [0.5, 0.6) is 0 Å². The van der Waals surface area contributed by atoms with Crippen LogP contribution < -0.4 is 26.6 Å². The first-order valence-electron chi connectivity index (χ1n) is 17.7. The van der Waals surface area contributed by atoms with E-state index in [9.17, 15) is 19.2 Å². The number of carbonyl (C=O) groups excluding carboxylic acids is 3. The summed E-state index contributed by atoms with van der Waals surface area (Å²) in [6.07, 6.45) is 5.28. The summed E-state index contributed by atoms with van der Waals surface area (Å²) < 4.78 is 8.35. The number of aromatic nitrogens is 3. The van der Waals surface area contributed by atoms with Gasteiger partial charge in [-0.1, -0.05) is 99.6 Å². The molecule has 0 aliphatic rings. The molecule has 5 rings (SSSR count). The molecule has 0 aliphatic heterocycles. The number of para-hydroxylation sites is 2. The number of benzene rings is 3. The van der Waals surface area contributed by atoms with Crippen molar-refractivity contribution < 1.29 is 18.8 Å². The standard InChI is InChI=1S/C41H48N6O5Si/c1-41(2,3)53(30-17-8-6-9-18-30,31-19-10-7-11-20-31)52-28-26-37(48)44-34(23-14-15-25-38(49)46(4)5)39(50)45-35-24-16-27-47(40(35)51)29-36-42-32-21-12-13-22-33(32)43-36/h6-13,15-22,24-25,27,34H,14,23,26,28-29H2,1-5H3,(H,42,43)(H,44,48)(H,45,50)/b25-15+. The van der Waals surface area contributed by atoms with Crippen LogP contribution in [0.2, 0.25) is 5.04 Å². The van der Waals surface area contributed by atoms with Crippen molar-refractivity contribution in [2.45, 2.75) is 57.7 Å². The van der Waals surface area contributed by atoms with Crippen LogP contribution in [0.15, 0.2) is 120 Å². The van der Waals surface area contributed by atoms with Gasteiger partial charge in [0.05, 0.1) is 17.6 Å². The molecule has 0 fully saturated rings. The van der Waals surface area contributed by atoms with Crippen molar-refractivity contribution in [3.05, 3.63) is 132 Å². The summed E-state index contributed by atoms with van der Waals surface area (Å²) in [5, 5.41) is 7.55. The molecule has 276 valence electrons. The predicted molar refractivity (Wildman–Crippen MR) is 212 cm³/mol. The first kappa shape index (κ1) is 38.6. The Kier molecular flexibility index (Phi) is 12.6. The van der Waals surface area contributed by atoms with Crippen molar-refractivity contribution in [2.24, 2.45) is 0 Å². The quantitative estimate of drug-likeness (QED) is 0.106. The Labute approximate surface area is 311 Å². The van der Waals surface area contributed by atoms with Gasteiger partial charge in [0, 0.05) is 33.3 Å². The smallest absolute Gasteiger partial charge is 0.274 e. The van der Waals surface area contributed by atoms with Crippen LogP contribution in [0.4, 0.5) is 5.69 Å². The summed E-state index contributed by atoms with van der Waals surface area (Å²) in [6, 6.07) is 30.1. The lowest BCUT2D eigenvalue weighted by atomic mass is 10.1. The molecule has 0 spiro atoms. The zero-order valence-electron chi connectivity index (χ0n) is 31.0. The number of carbonyl (C=O) groups is 3. The van der Waals surface area contributed by atoms with E-state index < -0.39 is 25.8 Å². The molecular weight excluding hydrogens is 685 g/mol. The molecule has 3 amide bonds. The predicted octanol–water partition coefficient (Wildman–Crippen LogP) is 4.59. The van der Waals surface area contributed by atoms with Gasteiger partial charge in [0.2, 0.25) is 17.7 Å². The second-order valence-electron chi connectivity index (χ2n) is 14.1. The van der Waals surface area contributed by atoms with E-state index in [1.54, 1.807) is 32.4 Å². The van der Waals surface area contributed by atoms with Crippen molar-refractivity contribution in [3.8, 4) is 0 Å². The fourth-order valence-electron chi connectivity index (χ4n) is 6.41. The summed E-state index contributed by atoms with van der Waals surface area (Å²) in [5.74, 6) is -0.505. The average Bonchev–Trinajstić information content (AvgIpc) is 3.55. The van der Waals surface area contributed by atoms with Gasteiger partial charge >= 0.3 is 0 Å². The Morgan fingerprint density at radius 2 is 1.57 bits per heavy atom. The van der Waals surface area contributed by atoms with E-state index in [-0.39, 0.29) is 48.5 Å². The first-order chi connectivity index (χ1) is 25.4. The van der Waals surface area contributed by atoms with Crippen LogP contribution in [0.3, 0.4) is 0 Å². The number of imidazole rings is 1. The summed E-state index contributed by atoms with van der Waals surface area (Å²) in [5.41, 5.74) is 1.30. The molecule has 2 aromatic heterocycles. The summed E-state index contributed by atoms with van der Waals surface area (Å²) >= 11 is 0. The van der Waals surface area contributed by atoms with Gasteiger partial charge in [-0.15, -0.1) is 0 Å². The van der Waals surface area contributed by atoms with Gasteiger partial charge in [-0.05, 0) is 58.6 Å². The van der Waals surface area contributed by atoms with E-state index in [2.05, 4.69) is 65.6 Å². The Bertz CT molecular complexity index is 2030. The fraction of sp³-hybridized carbons (Fsp3) is 0.293. The molecule has 0 saturated carbocycles. The van der Waals surface area contributed by atoms with E-state index in [0.29, 0.717) is 12.2 Å². The van der Waals surface area contributed by atoms with Gasteiger partial charge in [0.1, 0.15) is 17.6 Å². The number of pyridine rings is 1. The minimum atomic E-state index is -2.87. The molecule has 1 unspecified atom stereocenters. The number of amides is 3. The number of hydrogen-bond acceptors (Lipinski definition) is 6. The largest absolute Gasteiger partial charge is 0.407 e. The maximum absolute atomic E-state index is 13.7. The molecule has 3 aromatic carbocycles. The van der Waals surface area contributed by atoms with Crippen molar-refractivity contribution in [1.82, 2.24) is 24.8 Å². The molecule has 53 heavy (non-hydrogen) atoms. The van der Waals surface area contributed by atoms with E-state index in [4.69, 9.17) is 4.43 Å². The van der Waals surface area contributed by atoms with Gasteiger partial charge in [-0.2, -0.15) is 0 Å². The summed E-state index contributed by atoms with van der Waals surface area (Å²) in [6.45, 7) is 6.82. The molecule has 0 aliphatic carbocycles. The van der Waals surface area contributed by atoms with Crippen molar-refractivity contribution in [3.63, 3.8) is 0 Å². The maximum atomic E-state index is 13.7. The number of likely N-dealkylation sites (N-methyl/N-ethyl adjacent to an activating group) is 1.